The molecule has 25 heavy (non-hydrogen) atoms. The summed E-state index contributed by atoms with van der Waals surface area (Å²) in [5.74, 6) is 0.625. The van der Waals surface area contributed by atoms with Gasteiger partial charge in [0.1, 0.15) is 0 Å². The number of fused-ring (bicyclic) bond motifs is 1. The maximum atomic E-state index is 7.73. The van der Waals surface area contributed by atoms with Crippen LogP contribution >= 0.6 is 0 Å². The Labute approximate surface area is 155 Å². The molecule has 0 saturated heterocycles. The Morgan fingerprint density at radius 3 is 2.52 bits per heavy atom. The molecule has 1 nitrogen and oxygen atoms in total. The maximum Gasteiger partial charge on any atom is 0.0712 e. The van der Waals surface area contributed by atoms with Gasteiger partial charge in [-0.2, -0.15) is 0 Å². The molecule has 3 aromatic rings. The minimum Gasteiger partial charge on any atom is -0.248 e. The molecule has 0 atom stereocenters. The van der Waals surface area contributed by atoms with Crippen molar-refractivity contribution in [2.24, 2.45) is 0 Å². The molecule has 1 aliphatic carbocycles. The summed E-state index contributed by atoms with van der Waals surface area (Å²) in [6.07, 6.45) is 7.86. The topological polar surface area (TPSA) is 12.9 Å². The Morgan fingerprint density at radius 1 is 0.920 bits per heavy atom. The molecule has 0 bridgehead atoms. The molecule has 0 N–H and O–H groups in total. The molecule has 0 amide bonds. The molecule has 1 aliphatic rings. The summed E-state index contributed by atoms with van der Waals surface area (Å²) in [6, 6.07) is 16.2. The summed E-state index contributed by atoms with van der Waals surface area (Å²) in [5, 5.41) is 1.24. The van der Waals surface area contributed by atoms with Crippen LogP contribution in [-0.4, -0.2) is 4.98 Å². The van der Waals surface area contributed by atoms with Crippen molar-refractivity contribution in [2.75, 3.05) is 0 Å². The summed E-state index contributed by atoms with van der Waals surface area (Å²) < 4.78 is 23.2. The third-order valence-corrected chi connectivity index (χ3v) is 5.43. The molecule has 4 rings (SSSR count). The zero-order chi connectivity index (χ0) is 19.7. The SMILES string of the molecule is [2H]C([2H])([2H])c1cc(C)cc(-c2ccc3c(C4CCCCCC4)cccc3n2)c1. The third-order valence-electron chi connectivity index (χ3n) is 5.43. The Balaban J connectivity index is 1.76. The molecule has 1 saturated carbocycles. The van der Waals surface area contributed by atoms with Gasteiger partial charge in [0.2, 0.25) is 0 Å². The van der Waals surface area contributed by atoms with Gasteiger partial charge in [-0.1, -0.05) is 61.1 Å². The minimum atomic E-state index is -2.11. The quantitative estimate of drug-likeness (QED) is 0.462. The van der Waals surface area contributed by atoms with Crippen LogP contribution in [0.2, 0.25) is 0 Å². The predicted molar refractivity (Wildman–Crippen MR) is 107 cm³/mol. The molecule has 2 aromatic carbocycles. The van der Waals surface area contributed by atoms with E-state index in [4.69, 9.17) is 9.10 Å². The van der Waals surface area contributed by atoms with Crippen LogP contribution in [0.5, 0.6) is 0 Å². The van der Waals surface area contributed by atoms with Crippen LogP contribution in [-0.2, 0) is 0 Å². The van der Waals surface area contributed by atoms with Gasteiger partial charge in [-0.05, 0) is 62.4 Å². The van der Waals surface area contributed by atoms with Gasteiger partial charge in [-0.25, -0.2) is 4.98 Å². The first-order valence-corrected chi connectivity index (χ1v) is 9.44. The molecular formula is C24H27N. The van der Waals surface area contributed by atoms with Crippen molar-refractivity contribution in [3.8, 4) is 11.3 Å². The van der Waals surface area contributed by atoms with E-state index < -0.39 is 6.85 Å². The fourth-order valence-corrected chi connectivity index (χ4v) is 4.22. The molecule has 0 aliphatic heterocycles. The maximum absolute atomic E-state index is 7.73. The Morgan fingerprint density at radius 2 is 1.72 bits per heavy atom. The number of aryl methyl sites for hydroxylation is 2. The van der Waals surface area contributed by atoms with Crippen molar-refractivity contribution in [2.45, 2.75) is 58.2 Å². The number of benzene rings is 2. The second-order valence-electron chi connectivity index (χ2n) is 7.39. The molecule has 128 valence electrons. The van der Waals surface area contributed by atoms with E-state index in [1.54, 1.807) is 12.1 Å². The van der Waals surface area contributed by atoms with Crippen LogP contribution in [0.4, 0.5) is 0 Å². The fraction of sp³-hybridized carbons (Fsp3) is 0.375. The van der Waals surface area contributed by atoms with Crippen molar-refractivity contribution < 1.29 is 4.11 Å². The van der Waals surface area contributed by atoms with Crippen LogP contribution in [0.15, 0.2) is 48.5 Å². The molecule has 1 heteroatoms. The molecule has 1 fully saturated rings. The third kappa shape index (κ3) is 3.46. The number of hydrogen-bond acceptors (Lipinski definition) is 1. The predicted octanol–water partition coefficient (Wildman–Crippen LogP) is 6.96. The second-order valence-corrected chi connectivity index (χ2v) is 7.39. The molecule has 1 aromatic heterocycles. The molecule has 1 heterocycles. The molecule has 0 spiro atoms. The van der Waals surface area contributed by atoms with E-state index in [0.29, 0.717) is 11.5 Å². The fourth-order valence-electron chi connectivity index (χ4n) is 4.22. The van der Waals surface area contributed by atoms with Crippen LogP contribution in [0, 0.1) is 13.8 Å². The van der Waals surface area contributed by atoms with Gasteiger partial charge in [0.05, 0.1) is 11.2 Å². The monoisotopic (exact) mass is 332 g/mol. The largest absolute Gasteiger partial charge is 0.248 e. The van der Waals surface area contributed by atoms with Gasteiger partial charge < -0.3 is 0 Å². The highest BCUT2D eigenvalue weighted by Gasteiger charge is 2.17. The van der Waals surface area contributed by atoms with Crippen LogP contribution < -0.4 is 0 Å². The summed E-state index contributed by atoms with van der Waals surface area (Å²) in [7, 11) is 0. The summed E-state index contributed by atoms with van der Waals surface area (Å²) in [6.45, 7) is -0.172. The lowest BCUT2D eigenvalue weighted by Gasteiger charge is -2.17. The average molecular weight is 333 g/mol. The van der Waals surface area contributed by atoms with E-state index in [1.165, 1.54) is 49.5 Å². The molecule has 0 radical (unpaired) electrons. The zero-order valence-electron chi connectivity index (χ0n) is 17.9. The Bertz CT molecular complexity index is 983. The van der Waals surface area contributed by atoms with E-state index in [1.807, 2.05) is 19.1 Å². The van der Waals surface area contributed by atoms with E-state index in [9.17, 15) is 0 Å². The molecular weight excluding hydrogens is 302 g/mol. The summed E-state index contributed by atoms with van der Waals surface area (Å²) in [5.41, 5.74) is 5.43. The number of aromatic nitrogens is 1. The van der Waals surface area contributed by atoms with Gasteiger partial charge in [0, 0.05) is 15.1 Å². The lowest BCUT2D eigenvalue weighted by atomic mass is 9.89. The van der Waals surface area contributed by atoms with Crippen molar-refractivity contribution in [1.82, 2.24) is 4.98 Å². The van der Waals surface area contributed by atoms with Gasteiger partial charge >= 0.3 is 0 Å². The first-order valence-electron chi connectivity index (χ1n) is 10.9. The highest BCUT2D eigenvalue weighted by molar-refractivity contribution is 5.85. The molecule has 0 unspecified atom stereocenters. The number of rotatable bonds is 2. The summed E-state index contributed by atoms with van der Waals surface area (Å²) in [4.78, 5) is 4.91. The van der Waals surface area contributed by atoms with Crippen LogP contribution in [0.25, 0.3) is 22.2 Å². The normalized spacial score (nSPS) is 18.4. The average Bonchev–Trinajstić information content (AvgIpc) is 2.95. The standard InChI is InChI=1S/C24H27N/c1-17-14-18(2)16-20(15-17)23-13-12-22-21(10-7-11-24(22)25-23)19-8-5-3-4-6-9-19/h7,10-16,19H,3-6,8-9H2,1-2H3/i1D3. The van der Waals surface area contributed by atoms with Crippen molar-refractivity contribution in [3.05, 3.63) is 65.2 Å². The highest BCUT2D eigenvalue weighted by Crippen LogP contribution is 2.35. The van der Waals surface area contributed by atoms with Crippen LogP contribution in [0.1, 0.15) is 65.2 Å². The lowest BCUT2D eigenvalue weighted by Crippen LogP contribution is -1.99. The lowest BCUT2D eigenvalue weighted by molar-refractivity contribution is 0.596. The number of pyridine rings is 1. The van der Waals surface area contributed by atoms with E-state index in [2.05, 4.69) is 24.3 Å². The zero-order valence-corrected chi connectivity index (χ0v) is 14.9. The van der Waals surface area contributed by atoms with Gasteiger partial charge in [-0.15, -0.1) is 0 Å². The van der Waals surface area contributed by atoms with Crippen molar-refractivity contribution >= 4 is 10.9 Å². The van der Waals surface area contributed by atoms with Crippen molar-refractivity contribution in [1.29, 1.82) is 0 Å². The number of nitrogens with zero attached hydrogens (tertiary/aromatic N) is 1. The first kappa shape index (κ1) is 13.1. The van der Waals surface area contributed by atoms with E-state index >= 15 is 0 Å². The second kappa shape index (κ2) is 7.00. The first-order chi connectivity index (χ1) is 13.4. The minimum absolute atomic E-state index is 0.372. The summed E-state index contributed by atoms with van der Waals surface area (Å²) >= 11 is 0. The van der Waals surface area contributed by atoms with Crippen LogP contribution in [0.3, 0.4) is 0 Å². The van der Waals surface area contributed by atoms with E-state index in [0.717, 1.165) is 22.3 Å². The Kier molecular flexibility index (Phi) is 3.67. The van der Waals surface area contributed by atoms with Gasteiger partial charge in [0.15, 0.2) is 0 Å². The van der Waals surface area contributed by atoms with Gasteiger partial charge in [0.25, 0.3) is 0 Å². The highest BCUT2D eigenvalue weighted by atomic mass is 14.7. The van der Waals surface area contributed by atoms with E-state index in [-0.39, 0.29) is 0 Å². The van der Waals surface area contributed by atoms with Gasteiger partial charge in [-0.3, -0.25) is 0 Å². The Hall–Kier alpha value is -2.15. The van der Waals surface area contributed by atoms with Crippen molar-refractivity contribution in [3.63, 3.8) is 0 Å². The smallest absolute Gasteiger partial charge is 0.0712 e. The number of hydrogen-bond donors (Lipinski definition) is 0.